The molecule has 0 unspecified atom stereocenters. The fourth-order valence-corrected chi connectivity index (χ4v) is 3.50. The molecule has 8 heteroatoms. The molecular formula is C21H14F3N3OS. The number of para-hydroxylation sites is 1. The molecule has 0 atom stereocenters. The number of nitrogens with zero attached hydrogens (tertiary/aromatic N) is 2. The fourth-order valence-electron chi connectivity index (χ4n) is 2.77. The van der Waals surface area contributed by atoms with Crippen LogP contribution in [0.5, 0.6) is 5.75 Å². The molecule has 0 aliphatic carbocycles. The molecule has 1 N–H and O–H groups in total. The Bertz CT molecular complexity index is 1110. The minimum absolute atomic E-state index is 0.243. The first-order valence-electron chi connectivity index (χ1n) is 8.57. The predicted molar refractivity (Wildman–Crippen MR) is 107 cm³/mol. The number of ether oxygens (including phenoxy) is 1. The quantitative estimate of drug-likeness (QED) is 0.405. The molecule has 0 aliphatic heterocycles. The minimum atomic E-state index is -4.76. The second-order valence-electron chi connectivity index (χ2n) is 6.00. The second-order valence-corrected chi connectivity index (χ2v) is 6.86. The smallest absolute Gasteiger partial charge is 0.405 e. The van der Waals surface area contributed by atoms with Crippen molar-refractivity contribution in [3.8, 4) is 28.1 Å². The van der Waals surface area contributed by atoms with Gasteiger partial charge in [0.05, 0.1) is 5.69 Å². The van der Waals surface area contributed by atoms with Crippen molar-refractivity contribution in [3.05, 3.63) is 78.3 Å². The van der Waals surface area contributed by atoms with Gasteiger partial charge in [-0.15, -0.1) is 24.5 Å². The van der Waals surface area contributed by atoms with E-state index in [0.717, 1.165) is 5.56 Å². The Labute approximate surface area is 168 Å². The largest absolute Gasteiger partial charge is 0.573 e. The third-order valence-corrected chi connectivity index (χ3v) is 4.74. The summed E-state index contributed by atoms with van der Waals surface area (Å²) >= 11 is 1.42. The first-order chi connectivity index (χ1) is 14.0. The van der Waals surface area contributed by atoms with Gasteiger partial charge in [-0.05, 0) is 29.8 Å². The van der Waals surface area contributed by atoms with E-state index in [1.807, 2.05) is 29.6 Å². The zero-order valence-corrected chi connectivity index (χ0v) is 15.7. The van der Waals surface area contributed by atoms with Crippen molar-refractivity contribution in [2.75, 3.05) is 5.32 Å². The van der Waals surface area contributed by atoms with Crippen LogP contribution < -0.4 is 10.1 Å². The fraction of sp³-hybridized carbons (Fsp3) is 0.0476. The lowest BCUT2D eigenvalue weighted by atomic mass is 10.0. The van der Waals surface area contributed by atoms with E-state index < -0.39 is 6.36 Å². The van der Waals surface area contributed by atoms with Crippen LogP contribution in [0.1, 0.15) is 0 Å². The van der Waals surface area contributed by atoms with E-state index in [2.05, 4.69) is 20.0 Å². The summed E-state index contributed by atoms with van der Waals surface area (Å²) < 4.78 is 42.3. The third-order valence-electron chi connectivity index (χ3n) is 3.99. The van der Waals surface area contributed by atoms with Gasteiger partial charge in [-0.3, -0.25) is 0 Å². The van der Waals surface area contributed by atoms with E-state index in [9.17, 15) is 13.2 Å². The molecule has 0 spiro atoms. The Kier molecular flexibility index (Phi) is 5.18. The Morgan fingerprint density at radius 1 is 0.897 bits per heavy atom. The number of anilines is 2. The molecule has 0 amide bonds. The van der Waals surface area contributed by atoms with Crippen molar-refractivity contribution in [1.29, 1.82) is 0 Å². The monoisotopic (exact) mass is 413 g/mol. The lowest BCUT2D eigenvalue weighted by Crippen LogP contribution is -2.17. The number of pyridine rings is 1. The average Bonchev–Trinajstić information content (AvgIpc) is 3.17. The molecule has 0 fully saturated rings. The minimum Gasteiger partial charge on any atom is -0.405 e. The van der Waals surface area contributed by atoms with Crippen molar-refractivity contribution in [2.24, 2.45) is 0 Å². The second kappa shape index (κ2) is 7.92. The molecular weight excluding hydrogens is 399 g/mol. The van der Waals surface area contributed by atoms with E-state index in [-0.39, 0.29) is 5.75 Å². The normalized spacial score (nSPS) is 11.3. The van der Waals surface area contributed by atoms with Gasteiger partial charge in [0.25, 0.3) is 0 Å². The van der Waals surface area contributed by atoms with Crippen molar-refractivity contribution < 1.29 is 17.9 Å². The summed E-state index contributed by atoms with van der Waals surface area (Å²) in [5.41, 5.74) is 2.46. The van der Waals surface area contributed by atoms with Crippen LogP contribution in [0.3, 0.4) is 0 Å². The van der Waals surface area contributed by atoms with Crippen LogP contribution >= 0.6 is 11.3 Å². The summed E-state index contributed by atoms with van der Waals surface area (Å²) in [4.78, 5) is 8.75. The Morgan fingerprint density at radius 2 is 1.69 bits per heavy atom. The van der Waals surface area contributed by atoms with Crippen LogP contribution in [-0.2, 0) is 0 Å². The predicted octanol–water partition coefficient (Wildman–Crippen LogP) is 6.51. The summed E-state index contributed by atoms with van der Waals surface area (Å²) in [7, 11) is 0. The molecule has 29 heavy (non-hydrogen) atoms. The van der Waals surface area contributed by atoms with E-state index in [1.165, 1.54) is 23.5 Å². The van der Waals surface area contributed by atoms with Gasteiger partial charge in [-0.25, -0.2) is 9.97 Å². The van der Waals surface area contributed by atoms with Gasteiger partial charge in [0, 0.05) is 22.7 Å². The number of hydrogen-bond acceptors (Lipinski definition) is 5. The highest BCUT2D eigenvalue weighted by molar-refractivity contribution is 7.14. The lowest BCUT2D eigenvalue weighted by Gasteiger charge is -2.13. The highest BCUT2D eigenvalue weighted by Crippen LogP contribution is 2.36. The van der Waals surface area contributed by atoms with E-state index in [0.29, 0.717) is 27.8 Å². The number of aromatic nitrogens is 2. The van der Waals surface area contributed by atoms with Crippen molar-refractivity contribution in [3.63, 3.8) is 0 Å². The molecule has 2 heterocycles. The van der Waals surface area contributed by atoms with E-state index in [1.54, 1.807) is 36.5 Å². The topological polar surface area (TPSA) is 47.0 Å². The lowest BCUT2D eigenvalue weighted by molar-refractivity contribution is -0.274. The van der Waals surface area contributed by atoms with Crippen LogP contribution in [-0.4, -0.2) is 16.3 Å². The zero-order valence-electron chi connectivity index (χ0n) is 14.9. The number of rotatable bonds is 5. The SMILES string of the molecule is FC(F)(F)Oc1ccccc1-c1cccc(-c2csc(Nc3ccccn3)n2)c1. The van der Waals surface area contributed by atoms with Gasteiger partial charge >= 0.3 is 6.36 Å². The summed E-state index contributed by atoms with van der Waals surface area (Å²) in [5, 5.41) is 5.68. The van der Waals surface area contributed by atoms with Crippen LogP contribution in [0, 0.1) is 0 Å². The van der Waals surface area contributed by atoms with Crippen molar-refractivity contribution in [2.45, 2.75) is 6.36 Å². The van der Waals surface area contributed by atoms with E-state index >= 15 is 0 Å². The van der Waals surface area contributed by atoms with Gasteiger partial charge in [-0.1, -0.05) is 42.5 Å². The summed E-state index contributed by atoms with van der Waals surface area (Å²) in [6.07, 6.45) is -3.07. The van der Waals surface area contributed by atoms with Gasteiger partial charge in [0.1, 0.15) is 11.6 Å². The molecule has 2 aromatic heterocycles. The van der Waals surface area contributed by atoms with E-state index in [4.69, 9.17) is 0 Å². The summed E-state index contributed by atoms with van der Waals surface area (Å²) in [5.74, 6) is 0.438. The molecule has 4 aromatic rings. The molecule has 0 radical (unpaired) electrons. The molecule has 2 aromatic carbocycles. The average molecular weight is 413 g/mol. The molecule has 0 saturated heterocycles. The van der Waals surface area contributed by atoms with Crippen molar-refractivity contribution >= 4 is 22.3 Å². The molecule has 0 saturated carbocycles. The summed E-state index contributed by atoms with van der Waals surface area (Å²) in [6, 6.07) is 18.8. The van der Waals surface area contributed by atoms with Crippen LogP contribution in [0.2, 0.25) is 0 Å². The van der Waals surface area contributed by atoms with Crippen molar-refractivity contribution in [1.82, 2.24) is 9.97 Å². The van der Waals surface area contributed by atoms with Gasteiger partial charge in [0.2, 0.25) is 0 Å². The highest BCUT2D eigenvalue weighted by Gasteiger charge is 2.32. The number of thiazole rings is 1. The van der Waals surface area contributed by atoms with Crippen LogP contribution in [0.25, 0.3) is 22.4 Å². The molecule has 0 bridgehead atoms. The first-order valence-corrected chi connectivity index (χ1v) is 9.45. The van der Waals surface area contributed by atoms with Gasteiger partial charge in [0.15, 0.2) is 5.13 Å². The number of halogens is 3. The Morgan fingerprint density at radius 3 is 2.48 bits per heavy atom. The van der Waals surface area contributed by atoms with Gasteiger partial charge in [-0.2, -0.15) is 0 Å². The molecule has 4 rings (SSSR count). The number of alkyl halides is 3. The first kappa shape index (κ1) is 18.9. The van der Waals surface area contributed by atoms with Gasteiger partial charge < -0.3 is 10.1 Å². The van der Waals surface area contributed by atoms with Crippen LogP contribution in [0.4, 0.5) is 24.1 Å². The molecule has 0 aliphatic rings. The standard InChI is InChI=1S/C21H14F3N3OS/c22-21(23,24)28-18-9-2-1-8-16(18)14-6-5-7-15(12-14)17-13-29-20(26-17)27-19-10-3-4-11-25-19/h1-13H,(H,25,26,27). The zero-order chi connectivity index (χ0) is 20.3. The maximum absolute atomic E-state index is 12.7. The number of nitrogens with one attached hydrogen (secondary N) is 1. The maximum Gasteiger partial charge on any atom is 0.573 e. The third kappa shape index (κ3) is 4.72. The van der Waals surface area contributed by atoms with Crippen LogP contribution in [0.15, 0.2) is 78.3 Å². The Balaban J connectivity index is 1.62. The number of hydrogen-bond donors (Lipinski definition) is 1. The highest BCUT2D eigenvalue weighted by atomic mass is 32.1. The Hall–Kier alpha value is -3.39. The molecule has 146 valence electrons. The molecule has 4 nitrogen and oxygen atoms in total. The maximum atomic E-state index is 12.7. The number of benzene rings is 2. The summed E-state index contributed by atoms with van der Waals surface area (Å²) in [6.45, 7) is 0.